The van der Waals surface area contributed by atoms with Crippen molar-refractivity contribution in [1.29, 1.82) is 0 Å². The second kappa shape index (κ2) is 9.40. The van der Waals surface area contributed by atoms with Crippen LogP contribution in [0.15, 0.2) is 47.4 Å². The Morgan fingerprint density at radius 1 is 1.09 bits per heavy atom. The molecule has 33 heavy (non-hydrogen) atoms. The van der Waals surface area contributed by atoms with Crippen LogP contribution in [-0.4, -0.2) is 30.6 Å². The molecule has 0 atom stereocenters. The fraction of sp³-hybridized carbons (Fsp3) is 0.304. The second-order valence-corrected chi connectivity index (χ2v) is 10.8. The molecule has 0 spiro atoms. The molecule has 1 heterocycles. The van der Waals surface area contributed by atoms with Crippen molar-refractivity contribution in [3.63, 3.8) is 0 Å². The number of hydrogen-bond donors (Lipinski definition) is 4. The lowest BCUT2D eigenvalue weighted by atomic mass is 10.1. The van der Waals surface area contributed by atoms with Crippen molar-refractivity contribution in [2.24, 2.45) is 0 Å². The average molecular weight is 487 g/mol. The fourth-order valence-electron chi connectivity index (χ4n) is 3.88. The molecule has 0 saturated heterocycles. The van der Waals surface area contributed by atoms with Gasteiger partial charge in [-0.2, -0.15) is 0 Å². The third-order valence-corrected chi connectivity index (χ3v) is 8.21. The maximum atomic E-state index is 13.0. The number of thiazole rings is 1. The highest BCUT2D eigenvalue weighted by molar-refractivity contribution is 7.92. The van der Waals surface area contributed by atoms with Crippen molar-refractivity contribution in [2.45, 2.75) is 50.5 Å². The number of hydrogen-bond acceptors (Lipinski definition) is 6. The zero-order valence-corrected chi connectivity index (χ0v) is 20.0. The topological polar surface area (TPSA) is 120 Å². The van der Waals surface area contributed by atoms with Crippen LogP contribution in [0.3, 0.4) is 0 Å². The van der Waals surface area contributed by atoms with E-state index in [0.29, 0.717) is 27.6 Å². The van der Waals surface area contributed by atoms with E-state index in [1.54, 1.807) is 19.1 Å². The number of carbonyl (C=O) groups excluding carboxylic acids is 1. The van der Waals surface area contributed by atoms with E-state index in [1.165, 1.54) is 35.6 Å². The predicted molar refractivity (Wildman–Crippen MR) is 130 cm³/mol. The van der Waals surface area contributed by atoms with Crippen molar-refractivity contribution in [3.8, 4) is 16.2 Å². The molecule has 1 saturated carbocycles. The quantitative estimate of drug-likeness (QED) is 0.366. The standard InChI is InChI=1S/C23H26N4O4S2/c1-14-7-8-16(13-20(14)33(30,31)27-18-9-11-19(28)12-10-18)21-15(2)24-23(32-21)26-22(29)25-17-5-3-4-6-17/h7-13,17,27-28H,3-6H2,1-2H3,(H2,24,25,26,29). The number of sulfonamides is 1. The first-order chi connectivity index (χ1) is 15.7. The largest absolute Gasteiger partial charge is 0.508 e. The molecule has 1 fully saturated rings. The van der Waals surface area contributed by atoms with Gasteiger partial charge in [0.05, 0.1) is 15.5 Å². The minimum Gasteiger partial charge on any atom is -0.508 e. The second-order valence-electron chi connectivity index (χ2n) is 8.15. The van der Waals surface area contributed by atoms with Gasteiger partial charge in [0.25, 0.3) is 10.0 Å². The van der Waals surface area contributed by atoms with Gasteiger partial charge in [0.15, 0.2) is 5.13 Å². The van der Waals surface area contributed by atoms with Gasteiger partial charge in [0, 0.05) is 11.7 Å². The number of urea groups is 1. The minimum atomic E-state index is -3.85. The Labute approximate surface area is 197 Å². The summed E-state index contributed by atoms with van der Waals surface area (Å²) in [4.78, 5) is 17.7. The van der Waals surface area contributed by atoms with Crippen LogP contribution < -0.4 is 15.4 Å². The Morgan fingerprint density at radius 3 is 2.48 bits per heavy atom. The summed E-state index contributed by atoms with van der Waals surface area (Å²) in [5.74, 6) is 0.0538. The summed E-state index contributed by atoms with van der Waals surface area (Å²) in [6.07, 6.45) is 4.25. The molecule has 4 N–H and O–H groups in total. The van der Waals surface area contributed by atoms with E-state index in [-0.39, 0.29) is 22.7 Å². The van der Waals surface area contributed by atoms with E-state index < -0.39 is 10.0 Å². The average Bonchev–Trinajstić information content (AvgIpc) is 3.39. The number of phenolic OH excluding ortho intramolecular Hbond substituents is 1. The van der Waals surface area contributed by atoms with E-state index in [4.69, 9.17) is 0 Å². The number of amides is 2. The zero-order chi connectivity index (χ0) is 23.6. The molecule has 174 valence electrons. The number of nitrogens with zero attached hydrogens (tertiary/aromatic N) is 1. The Hall–Kier alpha value is -3.11. The molecule has 1 aliphatic rings. The lowest BCUT2D eigenvalue weighted by Crippen LogP contribution is -2.36. The van der Waals surface area contributed by atoms with Gasteiger partial charge >= 0.3 is 6.03 Å². The number of rotatable bonds is 6. The van der Waals surface area contributed by atoms with Crippen LogP contribution in [0.1, 0.15) is 36.9 Å². The highest BCUT2D eigenvalue weighted by Gasteiger charge is 2.21. The van der Waals surface area contributed by atoms with E-state index in [2.05, 4.69) is 20.3 Å². The Bertz CT molecular complexity index is 1260. The van der Waals surface area contributed by atoms with Crippen molar-refractivity contribution < 1.29 is 18.3 Å². The van der Waals surface area contributed by atoms with Crippen LogP contribution in [-0.2, 0) is 10.0 Å². The summed E-state index contributed by atoms with van der Waals surface area (Å²) < 4.78 is 28.6. The number of nitrogens with one attached hydrogen (secondary N) is 3. The number of benzene rings is 2. The highest BCUT2D eigenvalue weighted by Crippen LogP contribution is 2.35. The number of aromatic nitrogens is 1. The summed E-state index contributed by atoms with van der Waals surface area (Å²) in [6, 6.07) is 11.0. The van der Waals surface area contributed by atoms with Crippen LogP contribution in [0.25, 0.3) is 10.4 Å². The first-order valence-electron chi connectivity index (χ1n) is 10.7. The van der Waals surface area contributed by atoms with Gasteiger partial charge in [-0.3, -0.25) is 10.0 Å². The molecule has 4 rings (SSSR count). The van der Waals surface area contributed by atoms with E-state index in [0.717, 1.165) is 30.6 Å². The van der Waals surface area contributed by atoms with Crippen LogP contribution in [0.5, 0.6) is 5.75 Å². The first-order valence-corrected chi connectivity index (χ1v) is 13.0. The summed E-state index contributed by atoms with van der Waals surface area (Å²) in [7, 11) is -3.85. The molecule has 10 heteroatoms. The lowest BCUT2D eigenvalue weighted by molar-refractivity contribution is 0.248. The van der Waals surface area contributed by atoms with Crippen molar-refractivity contribution in [3.05, 3.63) is 53.7 Å². The lowest BCUT2D eigenvalue weighted by Gasteiger charge is -2.12. The minimum absolute atomic E-state index is 0.0538. The van der Waals surface area contributed by atoms with Gasteiger partial charge in [0.1, 0.15) is 5.75 Å². The normalized spacial score (nSPS) is 14.2. The molecule has 0 unspecified atom stereocenters. The third kappa shape index (κ3) is 5.45. The summed E-state index contributed by atoms with van der Waals surface area (Å²) >= 11 is 1.30. The molecular weight excluding hydrogens is 460 g/mol. The van der Waals surface area contributed by atoms with Crippen LogP contribution in [0, 0.1) is 13.8 Å². The predicted octanol–water partition coefficient (Wildman–Crippen LogP) is 5.00. The molecule has 2 aromatic carbocycles. The molecule has 1 aliphatic carbocycles. The number of phenols is 1. The van der Waals surface area contributed by atoms with Crippen LogP contribution in [0.4, 0.5) is 15.6 Å². The van der Waals surface area contributed by atoms with Crippen LogP contribution >= 0.6 is 11.3 Å². The highest BCUT2D eigenvalue weighted by atomic mass is 32.2. The fourth-order valence-corrected chi connectivity index (χ4v) is 6.17. The number of aryl methyl sites for hydroxylation is 2. The van der Waals surface area contributed by atoms with Crippen molar-refractivity contribution >= 4 is 38.2 Å². The van der Waals surface area contributed by atoms with Crippen molar-refractivity contribution in [2.75, 3.05) is 10.0 Å². The van der Waals surface area contributed by atoms with Gasteiger partial charge in [-0.1, -0.05) is 36.3 Å². The summed E-state index contributed by atoms with van der Waals surface area (Å²) in [5.41, 5.74) is 2.36. The Kier molecular flexibility index (Phi) is 6.57. The number of anilines is 2. The molecule has 2 amide bonds. The van der Waals surface area contributed by atoms with E-state index >= 15 is 0 Å². The molecular formula is C23H26N4O4S2. The van der Waals surface area contributed by atoms with E-state index in [1.807, 2.05) is 13.0 Å². The van der Waals surface area contributed by atoms with Gasteiger partial charge < -0.3 is 10.4 Å². The molecule has 3 aromatic rings. The molecule has 0 radical (unpaired) electrons. The molecule has 0 bridgehead atoms. The first kappa shape index (κ1) is 23.1. The molecule has 8 nitrogen and oxygen atoms in total. The maximum Gasteiger partial charge on any atom is 0.321 e. The van der Waals surface area contributed by atoms with E-state index in [9.17, 15) is 18.3 Å². The summed E-state index contributed by atoms with van der Waals surface area (Å²) in [5, 5.41) is 15.7. The Balaban J connectivity index is 1.55. The van der Waals surface area contributed by atoms with Crippen molar-refractivity contribution in [1.82, 2.24) is 10.3 Å². The number of aromatic hydroxyl groups is 1. The van der Waals surface area contributed by atoms with Gasteiger partial charge in [-0.25, -0.2) is 18.2 Å². The van der Waals surface area contributed by atoms with Gasteiger partial charge in [-0.15, -0.1) is 0 Å². The third-order valence-electron chi connectivity index (χ3n) is 5.57. The molecule has 1 aromatic heterocycles. The monoisotopic (exact) mass is 486 g/mol. The van der Waals surface area contributed by atoms with Gasteiger partial charge in [-0.05, 0) is 68.1 Å². The smallest absolute Gasteiger partial charge is 0.321 e. The zero-order valence-electron chi connectivity index (χ0n) is 18.4. The SMILES string of the molecule is Cc1ccc(-c2sc(NC(=O)NC3CCCC3)nc2C)cc1S(=O)(=O)Nc1ccc(O)cc1. The summed E-state index contributed by atoms with van der Waals surface area (Å²) in [6.45, 7) is 3.56. The maximum absolute atomic E-state index is 13.0. The van der Waals surface area contributed by atoms with Gasteiger partial charge in [0.2, 0.25) is 0 Å². The van der Waals surface area contributed by atoms with Crippen LogP contribution in [0.2, 0.25) is 0 Å². The number of carbonyl (C=O) groups is 1. The Morgan fingerprint density at radius 2 is 1.79 bits per heavy atom. The molecule has 0 aliphatic heterocycles.